The van der Waals surface area contributed by atoms with Gasteiger partial charge in [0.25, 0.3) is 0 Å². The van der Waals surface area contributed by atoms with Gasteiger partial charge in [-0.25, -0.2) is 4.79 Å². The third kappa shape index (κ3) is 4.42. The Morgan fingerprint density at radius 3 is 2.62 bits per heavy atom. The first-order chi connectivity index (χ1) is 11.6. The van der Waals surface area contributed by atoms with Crippen LogP contribution < -0.4 is 5.32 Å². The summed E-state index contributed by atoms with van der Waals surface area (Å²) in [5.74, 6) is 0.761. The maximum Gasteiger partial charge on any atom is 0.317 e. The van der Waals surface area contributed by atoms with Crippen molar-refractivity contribution in [1.29, 1.82) is 0 Å². The maximum absolute atomic E-state index is 12.6. The number of unbranched alkanes of at least 4 members (excludes halogenated alkanes) is 1. The van der Waals surface area contributed by atoms with Crippen molar-refractivity contribution in [2.24, 2.45) is 5.92 Å². The highest BCUT2D eigenvalue weighted by atomic mass is 16.2. The summed E-state index contributed by atoms with van der Waals surface area (Å²) in [6.45, 7) is 8.99. The Morgan fingerprint density at radius 2 is 1.83 bits per heavy atom. The molecule has 1 N–H and O–H groups in total. The number of likely N-dealkylation sites (tertiary alicyclic amines) is 1. The van der Waals surface area contributed by atoms with Gasteiger partial charge in [-0.2, -0.15) is 0 Å². The van der Waals surface area contributed by atoms with E-state index in [1.54, 1.807) is 0 Å². The van der Waals surface area contributed by atoms with Crippen LogP contribution >= 0.6 is 0 Å². The summed E-state index contributed by atoms with van der Waals surface area (Å²) < 4.78 is 0. The molecular formula is C19H36N4O. The Bertz CT molecular complexity index is 408. The second-order valence-electron chi connectivity index (χ2n) is 8.19. The van der Waals surface area contributed by atoms with Gasteiger partial charge in [-0.3, -0.25) is 0 Å². The van der Waals surface area contributed by atoms with E-state index in [9.17, 15) is 4.79 Å². The Labute approximate surface area is 147 Å². The number of hydrogen-bond donors (Lipinski definition) is 1. The molecule has 0 aromatic heterocycles. The number of nitrogens with zero attached hydrogens (tertiary/aromatic N) is 3. The number of piperazine rings is 1. The van der Waals surface area contributed by atoms with Gasteiger partial charge in [-0.1, -0.05) is 12.8 Å². The van der Waals surface area contributed by atoms with Crippen molar-refractivity contribution in [2.45, 2.75) is 64.0 Å². The Morgan fingerprint density at radius 1 is 1.08 bits per heavy atom. The van der Waals surface area contributed by atoms with Gasteiger partial charge in [0.05, 0.1) is 0 Å². The lowest BCUT2D eigenvalue weighted by atomic mass is 9.85. The molecule has 0 unspecified atom stereocenters. The number of likely N-dealkylation sites (N-methyl/N-ethyl adjacent to an activating group) is 1. The average Bonchev–Trinajstić information content (AvgIpc) is 2.92. The largest absolute Gasteiger partial charge is 0.338 e. The molecule has 2 amide bonds. The first-order valence-corrected chi connectivity index (χ1v) is 10.1. The number of rotatable bonds is 5. The molecule has 3 fully saturated rings. The predicted molar refractivity (Wildman–Crippen MR) is 98.2 cm³/mol. The third-order valence-corrected chi connectivity index (χ3v) is 6.35. The highest BCUT2D eigenvalue weighted by Crippen LogP contribution is 2.39. The minimum atomic E-state index is 0.191. The van der Waals surface area contributed by atoms with E-state index in [-0.39, 0.29) is 6.03 Å². The van der Waals surface area contributed by atoms with Crippen LogP contribution in [0.1, 0.15) is 51.9 Å². The zero-order chi connectivity index (χ0) is 16.9. The van der Waals surface area contributed by atoms with Crippen molar-refractivity contribution in [3.8, 4) is 0 Å². The molecule has 2 aliphatic heterocycles. The molecule has 0 aromatic rings. The zero-order valence-corrected chi connectivity index (χ0v) is 15.7. The quantitative estimate of drug-likeness (QED) is 0.784. The van der Waals surface area contributed by atoms with Gasteiger partial charge in [0, 0.05) is 44.8 Å². The van der Waals surface area contributed by atoms with Gasteiger partial charge in [-0.05, 0) is 58.5 Å². The summed E-state index contributed by atoms with van der Waals surface area (Å²) in [6.07, 6.45) is 8.68. The molecule has 2 saturated heterocycles. The van der Waals surface area contributed by atoms with Crippen LogP contribution in [0.15, 0.2) is 0 Å². The summed E-state index contributed by atoms with van der Waals surface area (Å²) in [7, 11) is 2.20. The molecule has 5 nitrogen and oxygen atoms in total. The van der Waals surface area contributed by atoms with Gasteiger partial charge in [-0.15, -0.1) is 0 Å². The monoisotopic (exact) mass is 336 g/mol. The molecule has 3 atom stereocenters. The lowest BCUT2D eigenvalue weighted by molar-refractivity contribution is 0.150. The molecule has 24 heavy (non-hydrogen) atoms. The van der Waals surface area contributed by atoms with E-state index in [4.69, 9.17) is 0 Å². The fraction of sp³-hybridized carbons (Fsp3) is 0.947. The SMILES string of the molecule is C[C@@H]1C[C@@H]2CCCC[C@@H]2N1C(=O)NCCCCN1CCN(C)CC1. The zero-order valence-electron chi connectivity index (χ0n) is 15.7. The summed E-state index contributed by atoms with van der Waals surface area (Å²) in [5.41, 5.74) is 0. The average molecular weight is 337 g/mol. The second-order valence-corrected chi connectivity index (χ2v) is 8.19. The Balaban J connectivity index is 1.32. The van der Waals surface area contributed by atoms with Crippen LogP contribution in [0.4, 0.5) is 4.79 Å². The molecule has 3 aliphatic rings. The number of urea groups is 1. The molecule has 3 rings (SSSR count). The van der Waals surface area contributed by atoms with E-state index >= 15 is 0 Å². The second kappa shape index (κ2) is 8.52. The highest BCUT2D eigenvalue weighted by Gasteiger charge is 2.42. The van der Waals surface area contributed by atoms with Gasteiger partial charge in [0.2, 0.25) is 0 Å². The van der Waals surface area contributed by atoms with Crippen LogP contribution in [0.5, 0.6) is 0 Å². The molecule has 0 radical (unpaired) electrons. The molecule has 1 saturated carbocycles. The number of hydrogen-bond acceptors (Lipinski definition) is 3. The van der Waals surface area contributed by atoms with Gasteiger partial charge < -0.3 is 20.0 Å². The molecule has 138 valence electrons. The van der Waals surface area contributed by atoms with Crippen molar-refractivity contribution in [2.75, 3.05) is 46.3 Å². The molecule has 0 bridgehead atoms. The van der Waals surface area contributed by atoms with Crippen LogP contribution in [-0.4, -0.2) is 79.1 Å². The number of carbonyl (C=O) groups is 1. The molecule has 0 aromatic carbocycles. The van der Waals surface area contributed by atoms with Crippen molar-refractivity contribution >= 4 is 6.03 Å². The van der Waals surface area contributed by atoms with Crippen LogP contribution in [0.25, 0.3) is 0 Å². The lowest BCUT2D eigenvalue weighted by Crippen LogP contribution is -2.48. The Hall–Kier alpha value is -0.810. The van der Waals surface area contributed by atoms with Crippen LogP contribution in [0.2, 0.25) is 0 Å². The van der Waals surface area contributed by atoms with Crippen molar-refractivity contribution < 1.29 is 4.79 Å². The number of fused-ring (bicyclic) bond motifs is 1. The first-order valence-electron chi connectivity index (χ1n) is 10.1. The van der Waals surface area contributed by atoms with Crippen LogP contribution in [-0.2, 0) is 0 Å². The molecule has 0 spiro atoms. The molecule has 1 aliphatic carbocycles. The minimum absolute atomic E-state index is 0.191. The van der Waals surface area contributed by atoms with E-state index in [2.05, 4.69) is 34.0 Å². The number of carbonyl (C=O) groups excluding carboxylic acids is 1. The summed E-state index contributed by atoms with van der Waals surface area (Å²) in [4.78, 5) is 19.7. The highest BCUT2D eigenvalue weighted by molar-refractivity contribution is 5.75. The van der Waals surface area contributed by atoms with E-state index in [0.29, 0.717) is 12.1 Å². The van der Waals surface area contributed by atoms with E-state index in [0.717, 1.165) is 18.9 Å². The van der Waals surface area contributed by atoms with E-state index < -0.39 is 0 Å². The number of nitrogens with one attached hydrogen (secondary N) is 1. The third-order valence-electron chi connectivity index (χ3n) is 6.35. The molecular weight excluding hydrogens is 300 g/mol. The fourth-order valence-electron chi connectivity index (χ4n) is 4.88. The normalized spacial score (nSPS) is 31.9. The Kier molecular flexibility index (Phi) is 6.39. The molecule has 5 heteroatoms. The van der Waals surface area contributed by atoms with Crippen molar-refractivity contribution in [3.05, 3.63) is 0 Å². The summed E-state index contributed by atoms with van der Waals surface area (Å²) in [5, 5.41) is 3.19. The fourth-order valence-corrected chi connectivity index (χ4v) is 4.88. The number of amides is 2. The summed E-state index contributed by atoms with van der Waals surface area (Å²) >= 11 is 0. The maximum atomic E-state index is 12.6. The lowest BCUT2D eigenvalue weighted by Gasteiger charge is -2.33. The van der Waals surface area contributed by atoms with Gasteiger partial charge in [0.1, 0.15) is 0 Å². The standard InChI is InChI=1S/C19H36N4O/c1-16-15-17-7-3-4-8-18(17)23(16)19(24)20-9-5-6-10-22-13-11-21(2)12-14-22/h16-18H,3-15H2,1-2H3,(H,20,24)/t16-,17+,18+/m1/s1. The van der Waals surface area contributed by atoms with E-state index in [1.165, 1.54) is 71.2 Å². The van der Waals surface area contributed by atoms with Crippen LogP contribution in [0, 0.1) is 5.92 Å². The van der Waals surface area contributed by atoms with Gasteiger partial charge in [0.15, 0.2) is 0 Å². The molecule has 2 heterocycles. The predicted octanol–water partition coefficient (Wildman–Crippen LogP) is 2.38. The van der Waals surface area contributed by atoms with Crippen molar-refractivity contribution in [1.82, 2.24) is 20.0 Å². The topological polar surface area (TPSA) is 38.8 Å². The minimum Gasteiger partial charge on any atom is -0.338 e. The summed E-state index contributed by atoms with van der Waals surface area (Å²) in [6, 6.07) is 1.12. The van der Waals surface area contributed by atoms with Crippen molar-refractivity contribution in [3.63, 3.8) is 0 Å². The van der Waals surface area contributed by atoms with E-state index in [1.807, 2.05) is 0 Å². The smallest absolute Gasteiger partial charge is 0.317 e. The first kappa shape index (κ1) is 18.0. The van der Waals surface area contributed by atoms with Gasteiger partial charge >= 0.3 is 6.03 Å². The van der Waals surface area contributed by atoms with Crippen LogP contribution in [0.3, 0.4) is 0 Å².